The maximum atomic E-state index is 5.48. The summed E-state index contributed by atoms with van der Waals surface area (Å²) in [7, 11) is 4.35. The van der Waals surface area contributed by atoms with E-state index in [9.17, 15) is 0 Å². The SMILES string of the molecule is CNCC1(CN(C)C2CCOC2)CCCC1. The molecule has 1 unspecified atom stereocenters. The molecule has 1 atom stereocenters. The van der Waals surface area contributed by atoms with Gasteiger partial charge in [-0.05, 0) is 38.8 Å². The Morgan fingerprint density at radius 3 is 2.69 bits per heavy atom. The molecule has 2 fully saturated rings. The zero-order chi connectivity index (χ0) is 11.4. The third kappa shape index (κ3) is 2.76. The Labute approximate surface area is 99.5 Å². The Kier molecular flexibility index (Phi) is 4.22. The zero-order valence-corrected chi connectivity index (χ0v) is 10.8. The molecule has 16 heavy (non-hydrogen) atoms. The number of likely N-dealkylation sites (N-methyl/N-ethyl adjacent to an activating group) is 1. The highest BCUT2D eigenvalue weighted by atomic mass is 16.5. The van der Waals surface area contributed by atoms with Gasteiger partial charge in [0.15, 0.2) is 0 Å². The van der Waals surface area contributed by atoms with Crippen LogP contribution >= 0.6 is 0 Å². The Hall–Kier alpha value is -0.120. The Balaban J connectivity index is 1.89. The number of nitrogens with one attached hydrogen (secondary N) is 1. The summed E-state index contributed by atoms with van der Waals surface area (Å²) >= 11 is 0. The molecule has 1 N–H and O–H groups in total. The van der Waals surface area contributed by atoms with Crippen molar-refractivity contribution in [3.05, 3.63) is 0 Å². The van der Waals surface area contributed by atoms with Crippen molar-refractivity contribution in [2.45, 2.75) is 38.1 Å². The van der Waals surface area contributed by atoms with Crippen LogP contribution in [0, 0.1) is 5.41 Å². The molecular weight excluding hydrogens is 200 g/mol. The fourth-order valence-electron chi connectivity index (χ4n) is 3.42. The number of nitrogens with zero attached hydrogens (tertiary/aromatic N) is 1. The molecule has 3 heteroatoms. The van der Waals surface area contributed by atoms with Crippen molar-refractivity contribution in [2.75, 3.05) is 40.4 Å². The molecule has 1 aliphatic heterocycles. The number of rotatable bonds is 5. The predicted molar refractivity (Wildman–Crippen MR) is 66.7 cm³/mol. The molecule has 94 valence electrons. The lowest BCUT2D eigenvalue weighted by atomic mass is 9.85. The molecule has 0 radical (unpaired) electrons. The highest BCUT2D eigenvalue weighted by Crippen LogP contribution is 2.38. The van der Waals surface area contributed by atoms with E-state index >= 15 is 0 Å². The van der Waals surface area contributed by atoms with Crippen LogP contribution in [0.1, 0.15) is 32.1 Å². The molecule has 1 saturated carbocycles. The Bertz CT molecular complexity index is 208. The second-order valence-corrected chi connectivity index (χ2v) is 5.67. The van der Waals surface area contributed by atoms with E-state index in [4.69, 9.17) is 4.74 Å². The zero-order valence-electron chi connectivity index (χ0n) is 10.8. The quantitative estimate of drug-likeness (QED) is 0.768. The summed E-state index contributed by atoms with van der Waals surface area (Å²) in [6, 6.07) is 0.661. The molecule has 1 saturated heterocycles. The lowest BCUT2D eigenvalue weighted by Crippen LogP contribution is -2.44. The largest absolute Gasteiger partial charge is 0.380 e. The van der Waals surface area contributed by atoms with Crippen molar-refractivity contribution in [3.63, 3.8) is 0 Å². The predicted octanol–water partition coefficient (Wildman–Crippen LogP) is 1.49. The summed E-state index contributed by atoms with van der Waals surface area (Å²) in [5.74, 6) is 0. The average molecular weight is 226 g/mol. The normalized spacial score (nSPS) is 29.1. The van der Waals surface area contributed by atoms with Crippen LogP contribution in [0.5, 0.6) is 0 Å². The average Bonchev–Trinajstić information content (AvgIpc) is 2.88. The van der Waals surface area contributed by atoms with E-state index in [0.29, 0.717) is 11.5 Å². The monoisotopic (exact) mass is 226 g/mol. The number of hydrogen-bond acceptors (Lipinski definition) is 3. The standard InChI is InChI=1S/C13H26N2O/c1-14-10-13(6-3-4-7-13)11-15(2)12-5-8-16-9-12/h12,14H,3-11H2,1-2H3. The smallest absolute Gasteiger partial charge is 0.0622 e. The maximum absolute atomic E-state index is 5.48. The molecule has 0 amide bonds. The summed E-state index contributed by atoms with van der Waals surface area (Å²) in [4.78, 5) is 2.54. The first-order chi connectivity index (χ1) is 7.76. The van der Waals surface area contributed by atoms with E-state index in [0.717, 1.165) is 13.2 Å². The van der Waals surface area contributed by atoms with Crippen LogP contribution in [0.25, 0.3) is 0 Å². The molecule has 0 aromatic rings. The van der Waals surface area contributed by atoms with E-state index in [1.54, 1.807) is 0 Å². The van der Waals surface area contributed by atoms with Gasteiger partial charge in [-0.25, -0.2) is 0 Å². The van der Waals surface area contributed by atoms with Crippen LogP contribution in [-0.4, -0.2) is 51.3 Å². The Morgan fingerprint density at radius 2 is 2.12 bits per heavy atom. The van der Waals surface area contributed by atoms with Gasteiger partial charge in [0.25, 0.3) is 0 Å². The lowest BCUT2D eigenvalue weighted by molar-refractivity contribution is 0.116. The maximum Gasteiger partial charge on any atom is 0.0622 e. The molecule has 0 bridgehead atoms. The van der Waals surface area contributed by atoms with Gasteiger partial charge in [0.1, 0.15) is 0 Å². The van der Waals surface area contributed by atoms with Gasteiger partial charge in [-0.2, -0.15) is 0 Å². The van der Waals surface area contributed by atoms with Gasteiger partial charge in [-0.15, -0.1) is 0 Å². The minimum absolute atomic E-state index is 0.534. The lowest BCUT2D eigenvalue weighted by Gasteiger charge is -2.35. The van der Waals surface area contributed by atoms with Gasteiger partial charge in [-0.3, -0.25) is 0 Å². The first kappa shape index (κ1) is 12.3. The second kappa shape index (κ2) is 5.48. The minimum Gasteiger partial charge on any atom is -0.380 e. The van der Waals surface area contributed by atoms with Gasteiger partial charge < -0.3 is 15.0 Å². The van der Waals surface area contributed by atoms with E-state index in [2.05, 4.69) is 24.3 Å². The summed E-state index contributed by atoms with van der Waals surface area (Å²) in [6.45, 7) is 4.30. The molecule has 2 rings (SSSR count). The van der Waals surface area contributed by atoms with Crippen LogP contribution in [-0.2, 0) is 4.74 Å². The first-order valence-electron chi connectivity index (χ1n) is 6.68. The molecule has 0 aromatic carbocycles. The summed E-state index contributed by atoms with van der Waals surface area (Å²) in [5, 5.41) is 3.39. The molecule has 2 aliphatic rings. The van der Waals surface area contributed by atoms with E-state index in [-0.39, 0.29) is 0 Å². The van der Waals surface area contributed by atoms with Crippen molar-refractivity contribution in [3.8, 4) is 0 Å². The molecule has 0 spiro atoms. The summed E-state index contributed by atoms with van der Waals surface area (Å²) in [6.07, 6.45) is 6.83. The molecule has 3 nitrogen and oxygen atoms in total. The van der Waals surface area contributed by atoms with Crippen LogP contribution in [0.2, 0.25) is 0 Å². The van der Waals surface area contributed by atoms with Gasteiger partial charge in [0.05, 0.1) is 6.61 Å². The summed E-state index contributed by atoms with van der Waals surface area (Å²) < 4.78 is 5.48. The van der Waals surface area contributed by atoms with Crippen molar-refractivity contribution in [1.82, 2.24) is 10.2 Å². The van der Waals surface area contributed by atoms with Gasteiger partial charge in [0, 0.05) is 25.7 Å². The van der Waals surface area contributed by atoms with E-state index in [1.807, 2.05) is 0 Å². The molecule has 1 heterocycles. The minimum atomic E-state index is 0.534. The highest BCUT2D eigenvalue weighted by Gasteiger charge is 2.36. The topological polar surface area (TPSA) is 24.5 Å². The van der Waals surface area contributed by atoms with Crippen molar-refractivity contribution in [2.24, 2.45) is 5.41 Å². The summed E-state index contributed by atoms with van der Waals surface area (Å²) in [5.41, 5.74) is 0.534. The van der Waals surface area contributed by atoms with Gasteiger partial charge >= 0.3 is 0 Å². The van der Waals surface area contributed by atoms with Crippen molar-refractivity contribution < 1.29 is 4.74 Å². The third-order valence-corrected chi connectivity index (χ3v) is 4.33. The number of ether oxygens (including phenoxy) is 1. The van der Waals surface area contributed by atoms with E-state index < -0.39 is 0 Å². The van der Waals surface area contributed by atoms with Gasteiger partial charge in [0.2, 0.25) is 0 Å². The third-order valence-electron chi connectivity index (χ3n) is 4.33. The fraction of sp³-hybridized carbons (Fsp3) is 1.00. The van der Waals surface area contributed by atoms with Crippen molar-refractivity contribution >= 4 is 0 Å². The first-order valence-corrected chi connectivity index (χ1v) is 6.68. The number of hydrogen-bond donors (Lipinski definition) is 1. The van der Waals surface area contributed by atoms with Crippen LogP contribution in [0.15, 0.2) is 0 Å². The molecule has 0 aromatic heterocycles. The van der Waals surface area contributed by atoms with E-state index in [1.165, 1.54) is 45.2 Å². The fourth-order valence-corrected chi connectivity index (χ4v) is 3.42. The van der Waals surface area contributed by atoms with Crippen molar-refractivity contribution in [1.29, 1.82) is 0 Å². The van der Waals surface area contributed by atoms with Crippen LogP contribution in [0.3, 0.4) is 0 Å². The Morgan fingerprint density at radius 1 is 1.38 bits per heavy atom. The highest BCUT2D eigenvalue weighted by molar-refractivity contribution is 4.90. The molecular formula is C13H26N2O. The second-order valence-electron chi connectivity index (χ2n) is 5.67. The van der Waals surface area contributed by atoms with Crippen LogP contribution in [0.4, 0.5) is 0 Å². The molecule has 1 aliphatic carbocycles. The van der Waals surface area contributed by atoms with Crippen LogP contribution < -0.4 is 5.32 Å². The van der Waals surface area contributed by atoms with Gasteiger partial charge in [-0.1, -0.05) is 12.8 Å².